The zero-order chi connectivity index (χ0) is 23.5. The molecule has 0 saturated heterocycles. The fraction of sp³-hybridized carbons (Fsp3) is 0.308. The average molecular weight is 450 g/mol. The lowest BCUT2D eigenvalue weighted by molar-refractivity contribution is -0.135. The molecule has 1 aromatic heterocycles. The number of fused-ring (bicyclic) bond motifs is 1. The maximum absolute atomic E-state index is 14.0. The molecule has 2 heterocycles. The van der Waals surface area contributed by atoms with Crippen LogP contribution in [0.1, 0.15) is 41.5 Å². The summed E-state index contributed by atoms with van der Waals surface area (Å²) in [5.41, 5.74) is 2.13. The van der Waals surface area contributed by atoms with Gasteiger partial charge in [-0.25, -0.2) is 4.39 Å². The second-order valence-electron chi connectivity index (χ2n) is 8.43. The van der Waals surface area contributed by atoms with E-state index in [2.05, 4.69) is 4.57 Å². The zero-order valence-corrected chi connectivity index (χ0v) is 19.1. The number of hydrogen-bond donors (Lipinski definition) is 0. The summed E-state index contributed by atoms with van der Waals surface area (Å²) in [7, 11) is 1.57. The number of carbonyl (C=O) groups excluding carboxylic acids is 2. The van der Waals surface area contributed by atoms with Gasteiger partial charge in [0, 0.05) is 36.6 Å². The molecule has 33 heavy (non-hydrogen) atoms. The molecule has 0 radical (unpaired) electrons. The summed E-state index contributed by atoms with van der Waals surface area (Å²) in [6, 6.07) is 16.5. The Morgan fingerprint density at radius 1 is 1.09 bits per heavy atom. The smallest absolute Gasteiger partial charge is 0.254 e. The summed E-state index contributed by atoms with van der Waals surface area (Å²) in [6.07, 6.45) is 1.97. The first-order chi connectivity index (χ1) is 15.9. The molecule has 0 spiro atoms. The Hall–Kier alpha value is -3.61. The number of aromatic nitrogens is 1. The first-order valence-electron chi connectivity index (χ1n) is 11.0. The Labute approximate surface area is 193 Å². The van der Waals surface area contributed by atoms with Gasteiger partial charge in [-0.15, -0.1) is 0 Å². The first-order valence-corrected chi connectivity index (χ1v) is 11.0. The normalized spacial score (nSPS) is 15.3. The Balaban J connectivity index is 1.61. The maximum atomic E-state index is 14.0. The maximum Gasteiger partial charge on any atom is 0.254 e. The Morgan fingerprint density at radius 3 is 2.52 bits per heavy atom. The molecular weight excluding hydrogens is 421 g/mol. The lowest BCUT2D eigenvalue weighted by atomic mass is 9.99. The first kappa shape index (κ1) is 22.6. The molecule has 6 nitrogen and oxygen atoms in total. The topological polar surface area (TPSA) is 54.8 Å². The van der Waals surface area contributed by atoms with Crippen LogP contribution in [0.15, 0.2) is 66.9 Å². The number of benzene rings is 2. The Morgan fingerprint density at radius 2 is 1.85 bits per heavy atom. The van der Waals surface area contributed by atoms with E-state index in [-0.39, 0.29) is 30.2 Å². The predicted octanol–water partition coefficient (Wildman–Crippen LogP) is 4.12. The van der Waals surface area contributed by atoms with Crippen molar-refractivity contribution in [3.63, 3.8) is 0 Å². The second-order valence-corrected chi connectivity index (χ2v) is 8.43. The van der Waals surface area contributed by atoms with Crippen LogP contribution in [0.4, 0.5) is 4.39 Å². The lowest BCUT2D eigenvalue weighted by Gasteiger charge is -2.39. The lowest BCUT2D eigenvalue weighted by Crippen LogP contribution is -2.49. The van der Waals surface area contributed by atoms with Crippen molar-refractivity contribution in [1.29, 1.82) is 0 Å². The summed E-state index contributed by atoms with van der Waals surface area (Å²) < 4.78 is 21.3. The van der Waals surface area contributed by atoms with Gasteiger partial charge in [0.1, 0.15) is 18.1 Å². The minimum atomic E-state index is -0.415. The molecule has 1 aliphatic rings. The molecule has 1 aliphatic heterocycles. The van der Waals surface area contributed by atoms with E-state index in [9.17, 15) is 14.0 Å². The number of hydrogen-bond acceptors (Lipinski definition) is 3. The molecular formula is C26H28FN3O3. The molecule has 2 aromatic carbocycles. The van der Waals surface area contributed by atoms with Crippen LogP contribution in [0.3, 0.4) is 0 Å². The van der Waals surface area contributed by atoms with Gasteiger partial charge in [0.15, 0.2) is 0 Å². The van der Waals surface area contributed by atoms with Gasteiger partial charge < -0.3 is 19.1 Å². The highest BCUT2D eigenvalue weighted by atomic mass is 19.1. The van der Waals surface area contributed by atoms with Gasteiger partial charge in [0.25, 0.3) is 5.91 Å². The van der Waals surface area contributed by atoms with Gasteiger partial charge in [-0.1, -0.05) is 12.1 Å². The van der Waals surface area contributed by atoms with E-state index in [1.807, 2.05) is 38.2 Å². The number of ether oxygens (including phenoxy) is 1. The number of nitrogens with zero attached hydrogens (tertiary/aromatic N) is 3. The van der Waals surface area contributed by atoms with Gasteiger partial charge in [0.2, 0.25) is 5.91 Å². The fourth-order valence-electron chi connectivity index (χ4n) is 4.30. The minimum absolute atomic E-state index is 0.0605. The van der Waals surface area contributed by atoms with Crippen LogP contribution in [0.25, 0.3) is 0 Å². The third-order valence-electron chi connectivity index (χ3n) is 6.05. The van der Waals surface area contributed by atoms with E-state index in [0.717, 1.165) is 5.69 Å². The number of halogens is 1. The number of amides is 2. The van der Waals surface area contributed by atoms with Gasteiger partial charge in [-0.2, -0.15) is 0 Å². The molecule has 0 fully saturated rings. The molecule has 2 amide bonds. The van der Waals surface area contributed by atoms with Crippen LogP contribution in [0, 0.1) is 5.82 Å². The van der Waals surface area contributed by atoms with Crippen LogP contribution in [-0.2, 0) is 11.3 Å². The summed E-state index contributed by atoms with van der Waals surface area (Å²) in [5, 5.41) is 0. The van der Waals surface area contributed by atoms with Crippen LogP contribution in [0.5, 0.6) is 5.75 Å². The fourth-order valence-corrected chi connectivity index (χ4v) is 4.30. The van der Waals surface area contributed by atoms with Gasteiger partial charge in [-0.05, 0) is 67.9 Å². The SMILES string of the molecule is COc1ccc(C(=O)N(CC(=O)N2CCn3cccc3C2c2cccc(F)c2)C(C)C)cc1. The highest BCUT2D eigenvalue weighted by Gasteiger charge is 2.34. The molecule has 7 heteroatoms. The standard InChI is InChI=1S/C26H28FN3O3/c1-18(2)30(26(32)19-9-11-22(33-3)12-10-19)17-24(31)29-15-14-28-13-5-8-23(28)25(29)20-6-4-7-21(27)16-20/h4-13,16,18,25H,14-15,17H2,1-3H3. The summed E-state index contributed by atoms with van der Waals surface area (Å²) in [4.78, 5) is 30.1. The van der Waals surface area contributed by atoms with Crippen molar-refractivity contribution in [2.45, 2.75) is 32.5 Å². The Bertz CT molecular complexity index is 1140. The largest absolute Gasteiger partial charge is 0.497 e. The van der Waals surface area contributed by atoms with E-state index in [1.54, 1.807) is 47.2 Å². The van der Waals surface area contributed by atoms with Crippen molar-refractivity contribution in [2.24, 2.45) is 0 Å². The van der Waals surface area contributed by atoms with Gasteiger partial charge in [0.05, 0.1) is 13.2 Å². The molecule has 1 atom stereocenters. The van der Waals surface area contributed by atoms with Crippen molar-refractivity contribution in [1.82, 2.24) is 14.4 Å². The van der Waals surface area contributed by atoms with Crippen LogP contribution < -0.4 is 4.74 Å². The van der Waals surface area contributed by atoms with E-state index in [4.69, 9.17) is 4.74 Å². The van der Waals surface area contributed by atoms with Crippen LogP contribution >= 0.6 is 0 Å². The summed E-state index contributed by atoms with van der Waals surface area (Å²) >= 11 is 0. The number of carbonyl (C=O) groups is 2. The third kappa shape index (κ3) is 4.62. The highest BCUT2D eigenvalue weighted by Crippen LogP contribution is 2.33. The average Bonchev–Trinajstić information content (AvgIpc) is 3.30. The molecule has 1 unspecified atom stereocenters. The van der Waals surface area contributed by atoms with E-state index in [0.29, 0.717) is 30.0 Å². The van der Waals surface area contributed by atoms with Crippen molar-refractivity contribution < 1.29 is 18.7 Å². The molecule has 0 bridgehead atoms. The predicted molar refractivity (Wildman–Crippen MR) is 124 cm³/mol. The Kier molecular flexibility index (Phi) is 6.49. The van der Waals surface area contributed by atoms with Crippen molar-refractivity contribution >= 4 is 11.8 Å². The van der Waals surface area contributed by atoms with E-state index in [1.165, 1.54) is 12.1 Å². The molecule has 0 saturated carbocycles. The quantitative estimate of drug-likeness (QED) is 0.569. The van der Waals surface area contributed by atoms with E-state index >= 15 is 0 Å². The monoisotopic (exact) mass is 449 g/mol. The van der Waals surface area contributed by atoms with Gasteiger partial charge >= 0.3 is 0 Å². The van der Waals surface area contributed by atoms with Crippen LogP contribution in [-0.4, -0.2) is 52.4 Å². The zero-order valence-electron chi connectivity index (χ0n) is 19.1. The molecule has 3 aromatic rings. The second kappa shape index (κ2) is 9.48. The van der Waals surface area contributed by atoms with Crippen molar-refractivity contribution in [3.05, 3.63) is 89.5 Å². The number of methoxy groups -OCH3 is 1. The summed E-state index contributed by atoms with van der Waals surface area (Å²) in [5.74, 6) is -0.0778. The van der Waals surface area contributed by atoms with Crippen LogP contribution in [0.2, 0.25) is 0 Å². The molecule has 0 N–H and O–H groups in total. The third-order valence-corrected chi connectivity index (χ3v) is 6.05. The van der Waals surface area contributed by atoms with Crippen molar-refractivity contribution in [2.75, 3.05) is 20.2 Å². The highest BCUT2D eigenvalue weighted by molar-refractivity contribution is 5.97. The van der Waals surface area contributed by atoms with Gasteiger partial charge in [-0.3, -0.25) is 9.59 Å². The molecule has 0 aliphatic carbocycles. The van der Waals surface area contributed by atoms with E-state index < -0.39 is 6.04 Å². The summed E-state index contributed by atoms with van der Waals surface area (Å²) in [6.45, 7) is 4.84. The molecule has 172 valence electrons. The number of rotatable bonds is 6. The molecule has 4 rings (SSSR count). The van der Waals surface area contributed by atoms with Crippen molar-refractivity contribution in [3.8, 4) is 5.75 Å². The minimum Gasteiger partial charge on any atom is -0.497 e.